The molecule has 0 aromatic heterocycles. The van der Waals surface area contributed by atoms with E-state index in [4.69, 9.17) is 11.6 Å². The van der Waals surface area contributed by atoms with Gasteiger partial charge in [0.25, 0.3) is 0 Å². The molecule has 1 saturated heterocycles. The number of carbonyl (C=O) groups excluding carboxylic acids is 1. The molecule has 0 spiro atoms. The van der Waals surface area contributed by atoms with Crippen LogP contribution in [0, 0.1) is 19.8 Å². The number of rotatable bonds is 9. The van der Waals surface area contributed by atoms with Crippen molar-refractivity contribution in [3.63, 3.8) is 0 Å². The Balaban J connectivity index is 1.34. The molecule has 1 amide bonds. The Bertz CT molecular complexity index is 841. The van der Waals surface area contributed by atoms with Crippen LogP contribution in [0.1, 0.15) is 36.5 Å². The van der Waals surface area contributed by atoms with Crippen molar-refractivity contribution in [3.8, 4) is 0 Å². The molecule has 0 saturated carbocycles. The molecule has 0 bridgehead atoms. The second kappa shape index (κ2) is 11.7. The number of benzene rings is 2. The molecule has 1 unspecified atom stereocenters. The fourth-order valence-electron chi connectivity index (χ4n) is 4.40. The van der Waals surface area contributed by atoms with Crippen LogP contribution in [0.2, 0.25) is 5.02 Å². The predicted octanol–water partition coefficient (Wildman–Crippen LogP) is 5.17. The van der Waals surface area contributed by atoms with Crippen LogP contribution in [0.4, 0.5) is 5.69 Å². The minimum absolute atomic E-state index is 0.0822. The van der Waals surface area contributed by atoms with Crippen molar-refractivity contribution in [1.82, 2.24) is 9.80 Å². The highest BCUT2D eigenvalue weighted by Gasteiger charge is 2.20. The van der Waals surface area contributed by atoms with E-state index < -0.39 is 0 Å². The van der Waals surface area contributed by atoms with Crippen molar-refractivity contribution in [2.24, 2.45) is 5.92 Å². The Kier molecular flexibility index (Phi) is 8.94. The van der Waals surface area contributed by atoms with E-state index in [0.717, 1.165) is 61.0 Å². The number of aryl methyl sites for hydroxylation is 3. The van der Waals surface area contributed by atoms with Crippen molar-refractivity contribution in [2.45, 2.75) is 40.0 Å². The van der Waals surface area contributed by atoms with Crippen molar-refractivity contribution < 1.29 is 4.79 Å². The number of anilines is 1. The molecule has 5 heteroatoms. The van der Waals surface area contributed by atoms with Crippen molar-refractivity contribution in [3.05, 3.63) is 64.2 Å². The average molecular weight is 442 g/mol. The molecule has 1 fully saturated rings. The second-order valence-electron chi connectivity index (χ2n) is 8.98. The van der Waals surface area contributed by atoms with Gasteiger partial charge in [-0.3, -0.25) is 9.69 Å². The first-order chi connectivity index (χ1) is 14.9. The highest BCUT2D eigenvalue weighted by atomic mass is 35.5. The first-order valence-electron chi connectivity index (χ1n) is 11.5. The summed E-state index contributed by atoms with van der Waals surface area (Å²) >= 11 is 6.26. The second-order valence-corrected chi connectivity index (χ2v) is 9.39. The van der Waals surface area contributed by atoms with Gasteiger partial charge in [0.05, 0.1) is 6.54 Å². The quantitative estimate of drug-likeness (QED) is 0.582. The molecule has 0 radical (unpaired) electrons. The number of carbonyl (C=O) groups is 1. The van der Waals surface area contributed by atoms with Gasteiger partial charge in [-0.15, -0.1) is 0 Å². The molecule has 0 aliphatic carbocycles. The molecule has 1 aliphatic rings. The minimum Gasteiger partial charge on any atom is -0.324 e. The van der Waals surface area contributed by atoms with Crippen LogP contribution in [0.3, 0.4) is 0 Å². The lowest BCUT2D eigenvalue weighted by Crippen LogP contribution is -2.49. The maximum Gasteiger partial charge on any atom is 0.238 e. The molecule has 2 aromatic carbocycles. The number of hydrogen-bond acceptors (Lipinski definition) is 3. The summed E-state index contributed by atoms with van der Waals surface area (Å²) < 4.78 is 0. The summed E-state index contributed by atoms with van der Waals surface area (Å²) in [7, 11) is 0. The number of nitrogens with zero attached hydrogens (tertiary/aromatic N) is 2. The Morgan fingerprint density at radius 2 is 1.65 bits per heavy atom. The number of hydrogen-bond donors (Lipinski definition) is 1. The van der Waals surface area contributed by atoms with Gasteiger partial charge in [-0.2, -0.15) is 0 Å². The van der Waals surface area contributed by atoms with Crippen molar-refractivity contribution in [2.75, 3.05) is 44.6 Å². The average Bonchev–Trinajstić information content (AvgIpc) is 2.74. The van der Waals surface area contributed by atoms with Gasteiger partial charge in [-0.25, -0.2) is 0 Å². The maximum absolute atomic E-state index is 12.5. The first-order valence-corrected chi connectivity index (χ1v) is 11.8. The third-order valence-corrected chi connectivity index (χ3v) is 6.62. The zero-order valence-corrected chi connectivity index (χ0v) is 19.9. The summed E-state index contributed by atoms with van der Waals surface area (Å²) in [4.78, 5) is 17.3. The van der Waals surface area contributed by atoms with Gasteiger partial charge in [0.1, 0.15) is 0 Å². The van der Waals surface area contributed by atoms with E-state index in [2.05, 4.69) is 34.2 Å². The summed E-state index contributed by atoms with van der Waals surface area (Å²) in [6, 6.07) is 14.3. The van der Waals surface area contributed by atoms with Gasteiger partial charge in [-0.05, 0) is 61.8 Å². The molecule has 4 nitrogen and oxygen atoms in total. The lowest BCUT2D eigenvalue weighted by Gasteiger charge is -2.35. The van der Waals surface area contributed by atoms with Crippen LogP contribution >= 0.6 is 11.6 Å². The lowest BCUT2D eigenvalue weighted by atomic mass is 10.00. The zero-order chi connectivity index (χ0) is 22.2. The molecule has 2 aromatic rings. The largest absolute Gasteiger partial charge is 0.324 e. The van der Waals surface area contributed by atoms with Crippen LogP contribution in [0.15, 0.2) is 42.5 Å². The summed E-state index contributed by atoms with van der Waals surface area (Å²) in [6.45, 7) is 12.0. The Hall–Kier alpha value is -1.88. The van der Waals surface area contributed by atoms with E-state index in [1.165, 1.54) is 18.4 Å². The lowest BCUT2D eigenvalue weighted by molar-refractivity contribution is -0.117. The number of nitrogens with one attached hydrogen (secondary N) is 1. The Labute approximate surface area is 192 Å². The van der Waals surface area contributed by atoms with Gasteiger partial charge in [0.2, 0.25) is 5.91 Å². The van der Waals surface area contributed by atoms with E-state index in [-0.39, 0.29) is 5.91 Å². The molecule has 3 rings (SSSR count). The maximum atomic E-state index is 12.5. The monoisotopic (exact) mass is 441 g/mol. The summed E-state index contributed by atoms with van der Waals surface area (Å²) in [5.74, 6) is 0.750. The fraction of sp³-hybridized carbons (Fsp3) is 0.500. The highest BCUT2D eigenvalue weighted by Crippen LogP contribution is 2.20. The summed E-state index contributed by atoms with van der Waals surface area (Å²) in [5.41, 5.74) is 4.43. The van der Waals surface area contributed by atoms with E-state index in [1.54, 1.807) is 0 Å². The van der Waals surface area contributed by atoms with Gasteiger partial charge in [-0.1, -0.05) is 54.9 Å². The normalized spacial score (nSPS) is 16.3. The third-order valence-electron chi connectivity index (χ3n) is 6.25. The zero-order valence-electron chi connectivity index (χ0n) is 19.2. The van der Waals surface area contributed by atoms with E-state index >= 15 is 0 Å². The van der Waals surface area contributed by atoms with E-state index in [1.807, 2.05) is 44.2 Å². The molecule has 1 N–H and O–H groups in total. The summed E-state index contributed by atoms with van der Waals surface area (Å²) in [5, 5.41) is 3.99. The molecular weight excluding hydrogens is 406 g/mol. The SMILES string of the molecule is Cc1cccc(C)c1NC(=O)CN1CCN(CC(C)CCCc2ccccc2Cl)CC1. The van der Waals surface area contributed by atoms with Crippen LogP contribution in [-0.4, -0.2) is 55.0 Å². The molecule has 1 heterocycles. The van der Waals surface area contributed by atoms with Gasteiger partial charge in [0.15, 0.2) is 0 Å². The van der Waals surface area contributed by atoms with Crippen LogP contribution < -0.4 is 5.32 Å². The van der Waals surface area contributed by atoms with Crippen LogP contribution in [0.25, 0.3) is 0 Å². The van der Waals surface area contributed by atoms with E-state index in [0.29, 0.717) is 12.5 Å². The number of piperazine rings is 1. The third kappa shape index (κ3) is 7.34. The van der Waals surface area contributed by atoms with Gasteiger partial charge in [0, 0.05) is 43.4 Å². The van der Waals surface area contributed by atoms with E-state index in [9.17, 15) is 4.79 Å². The van der Waals surface area contributed by atoms with Crippen molar-refractivity contribution in [1.29, 1.82) is 0 Å². The number of para-hydroxylation sites is 1. The standard InChI is InChI=1S/C26H36ClN3O/c1-20(8-6-12-23-11-4-5-13-24(23)27)18-29-14-16-30(17-15-29)19-25(31)28-26-21(2)9-7-10-22(26)3/h4-5,7,9-11,13,20H,6,8,12,14-19H2,1-3H3,(H,28,31). The van der Waals surface area contributed by atoms with Crippen molar-refractivity contribution >= 4 is 23.2 Å². The molecule has 31 heavy (non-hydrogen) atoms. The molecular formula is C26H36ClN3O. The molecule has 1 atom stereocenters. The minimum atomic E-state index is 0.0822. The summed E-state index contributed by atoms with van der Waals surface area (Å²) in [6.07, 6.45) is 3.43. The topological polar surface area (TPSA) is 35.6 Å². The van der Waals surface area contributed by atoms with Crippen LogP contribution in [0.5, 0.6) is 0 Å². The Morgan fingerprint density at radius 1 is 1.00 bits per heavy atom. The predicted molar refractivity (Wildman–Crippen MR) is 131 cm³/mol. The fourth-order valence-corrected chi connectivity index (χ4v) is 4.63. The van der Waals surface area contributed by atoms with Crippen LogP contribution in [-0.2, 0) is 11.2 Å². The number of halogens is 1. The highest BCUT2D eigenvalue weighted by molar-refractivity contribution is 6.31. The number of amides is 1. The first kappa shape index (κ1) is 23.8. The molecule has 168 valence electrons. The molecule has 1 aliphatic heterocycles. The Morgan fingerprint density at radius 3 is 2.32 bits per heavy atom. The van der Waals surface area contributed by atoms with Gasteiger partial charge < -0.3 is 10.2 Å². The smallest absolute Gasteiger partial charge is 0.238 e. The van der Waals surface area contributed by atoms with Gasteiger partial charge >= 0.3 is 0 Å².